The van der Waals surface area contributed by atoms with Crippen LogP contribution in [0.2, 0.25) is 0 Å². The first-order valence-electron chi connectivity index (χ1n) is 8.50. The molecule has 9 heteroatoms. The number of carboxylic acids is 1. The normalized spacial score (nSPS) is 16.4. The molecule has 0 aliphatic carbocycles. The van der Waals surface area contributed by atoms with E-state index in [1.807, 2.05) is 0 Å². The monoisotopic (exact) mass is 402 g/mol. The fourth-order valence-corrected chi connectivity index (χ4v) is 3.97. The Morgan fingerprint density at radius 3 is 2.89 bits per heavy atom. The van der Waals surface area contributed by atoms with Gasteiger partial charge in [-0.15, -0.1) is 0 Å². The van der Waals surface area contributed by atoms with Crippen LogP contribution in [0.15, 0.2) is 36.5 Å². The highest BCUT2D eigenvalue weighted by Gasteiger charge is 2.31. The van der Waals surface area contributed by atoms with Crippen LogP contribution in [0.3, 0.4) is 0 Å². The molecule has 8 nitrogen and oxygen atoms in total. The van der Waals surface area contributed by atoms with Gasteiger partial charge in [-0.25, -0.2) is 9.78 Å². The molecule has 0 spiro atoms. The SMILES string of the molecule is O=Cc1c(O)cccc1OCC1CSCCN1C(=O)c1cccnc1C(=O)O. The molecule has 28 heavy (non-hydrogen) atoms. The number of rotatable bonds is 6. The zero-order chi connectivity index (χ0) is 20.1. The number of pyridine rings is 1. The van der Waals surface area contributed by atoms with Gasteiger partial charge in [-0.3, -0.25) is 9.59 Å². The number of aldehydes is 1. The smallest absolute Gasteiger partial charge is 0.355 e. The van der Waals surface area contributed by atoms with Crippen LogP contribution >= 0.6 is 11.8 Å². The van der Waals surface area contributed by atoms with Crippen LogP contribution in [0.25, 0.3) is 0 Å². The van der Waals surface area contributed by atoms with Gasteiger partial charge >= 0.3 is 5.97 Å². The molecule has 2 aromatic rings. The average Bonchev–Trinajstić information content (AvgIpc) is 2.72. The Bertz CT molecular complexity index is 904. The van der Waals surface area contributed by atoms with Crippen LogP contribution in [-0.4, -0.2) is 69.0 Å². The van der Waals surface area contributed by atoms with Gasteiger partial charge in [0.05, 0.1) is 17.2 Å². The van der Waals surface area contributed by atoms with Crippen molar-refractivity contribution in [1.29, 1.82) is 0 Å². The highest BCUT2D eigenvalue weighted by Crippen LogP contribution is 2.27. The molecule has 0 bridgehead atoms. The van der Waals surface area contributed by atoms with Gasteiger partial charge in [0.25, 0.3) is 5.91 Å². The van der Waals surface area contributed by atoms with E-state index in [2.05, 4.69) is 4.98 Å². The molecule has 3 rings (SSSR count). The minimum absolute atomic E-state index is 0.0258. The number of hydrogen-bond acceptors (Lipinski definition) is 7. The van der Waals surface area contributed by atoms with Crippen LogP contribution < -0.4 is 4.74 Å². The number of nitrogens with zero attached hydrogens (tertiary/aromatic N) is 2. The van der Waals surface area contributed by atoms with Crippen molar-refractivity contribution in [2.45, 2.75) is 6.04 Å². The number of hydrogen-bond donors (Lipinski definition) is 2. The Hall–Kier alpha value is -3.07. The van der Waals surface area contributed by atoms with Crippen molar-refractivity contribution in [2.24, 2.45) is 0 Å². The zero-order valence-electron chi connectivity index (χ0n) is 14.8. The fourth-order valence-electron chi connectivity index (χ4n) is 2.93. The van der Waals surface area contributed by atoms with Crippen molar-refractivity contribution >= 4 is 29.9 Å². The van der Waals surface area contributed by atoms with Crippen LogP contribution in [-0.2, 0) is 0 Å². The largest absolute Gasteiger partial charge is 0.507 e. The second kappa shape index (κ2) is 8.75. The first-order chi connectivity index (χ1) is 13.5. The number of aromatic hydroxyl groups is 1. The number of carbonyl (C=O) groups excluding carboxylic acids is 2. The van der Waals surface area contributed by atoms with E-state index < -0.39 is 11.9 Å². The lowest BCUT2D eigenvalue weighted by molar-refractivity contribution is 0.0620. The number of benzene rings is 1. The second-order valence-corrected chi connectivity index (χ2v) is 7.20. The zero-order valence-corrected chi connectivity index (χ0v) is 15.6. The molecular weight excluding hydrogens is 384 g/mol. The van der Waals surface area contributed by atoms with Crippen molar-refractivity contribution in [2.75, 3.05) is 24.7 Å². The topological polar surface area (TPSA) is 117 Å². The summed E-state index contributed by atoms with van der Waals surface area (Å²) in [6.45, 7) is 0.539. The maximum Gasteiger partial charge on any atom is 0.355 e. The van der Waals surface area contributed by atoms with Gasteiger partial charge in [-0.2, -0.15) is 11.8 Å². The van der Waals surface area contributed by atoms with E-state index in [1.54, 1.807) is 28.8 Å². The molecule has 1 aliphatic rings. The number of phenols is 1. The maximum atomic E-state index is 13.0. The summed E-state index contributed by atoms with van der Waals surface area (Å²) in [4.78, 5) is 40.9. The molecule has 2 heterocycles. The molecule has 1 unspecified atom stereocenters. The molecule has 1 fully saturated rings. The van der Waals surface area contributed by atoms with Gasteiger partial charge in [-0.1, -0.05) is 6.07 Å². The van der Waals surface area contributed by atoms with E-state index in [0.717, 1.165) is 5.75 Å². The Balaban J connectivity index is 1.80. The summed E-state index contributed by atoms with van der Waals surface area (Å²) in [5.74, 6) is -0.324. The second-order valence-electron chi connectivity index (χ2n) is 6.05. The van der Waals surface area contributed by atoms with E-state index in [4.69, 9.17) is 4.74 Å². The Morgan fingerprint density at radius 2 is 2.14 bits per heavy atom. The summed E-state index contributed by atoms with van der Waals surface area (Å²) in [5, 5.41) is 19.1. The third-order valence-corrected chi connectivity index (χ3v) is 5.41. The van der Waals surface area contributed by atoms with Gasteiger partial charge in [-0.05, 0) is 24.3 Å². The van der Waals surface area contributed by atoms with Crippen molar-refractivity contribution < 1.29 is 29.3 Å². The van der Waals surface area contributed by atoms with E-state index in [9.17, 15) is 24.6 Å². The lowest BCUT2D eigenvalue weighted by Gasteiger charge is -2.35. The minimum Gasteiger partial charge on any atom is -0.507 e. The summed E-state index contributed by atoms with van der Waals surface area (Å²) < 4.78 is 5.71. The van der Waals surface area contributed by atoms with E-state index in [-0.39, 0.29) is 41.0 Å². The molecule has 1 aliphatic heterocycles. The van der Waals surface area contributed by atoms with E-state index >= 15 is 0 Å². The van der Waals surface area contributed by atoms with Crippen molar-refractivity contribution in [3.8, 4) is 11.5 Å². The maximum absolute atomic E-state index is 13.0. The van der Waals surface area contributed by atoms with Gasteiger partial charge in [0.2, 0.25) is 0 Å². The number of aromatic nitrogens is 1. The van der Waals surface area contributed by atoms with Crippen LogP contribution in [0, 0.1) is 0 Å². The molecule has 0 saturated carbocycles. The molecule has 1 aromatic heterocycles. The Morgan fingerprint density at radius 1 is 1.32 bits per heavy atom. The van der Waals surface area contributed by atoms with Crippen molar-refractivity contribution in [3.63, 3.8) is 0 Å². The predicted molar refractivity (Wildman–Crippen MR) is 102 cm³/mol. The highest BCUT2D eigenvalue weighted by molar-refractivity contribution is 7.99. The molecule has 1 atom stereocenters. The first-order valence-corrected chi connectivity index (χ1v) is 9.65. The summed E-state index contributed by atoms with van der Waals surface area (Å²) in [5.41, 5.74) is -0.219. The van der Waals surface area contributed by atoms with E-state index in [1.165, 1.54) is 24.4 Å². The molecular formula is C19H18N2O6S. The minimum atomic E-state index is -1.27. The van der Waals surface area contributed by atoms with Crippen LogP contribution in [0.4, 0.5) is 0 Å². The Labute approximate surface area is 165 Å². The summed E-state index contributed by atoms with van der Waals surface area (Å²) in [7, 11) is 0. The number of carbonyl (C=O) groups is 3. The number of amides is 1. The van der Waals surface area contributed by atoms with Crippen LogP contribution in [0.1, 0.15) is 31.2 Å². The van der Waals surface area contributed by atoms with E-state index in [0.29, 0.717) is 18.6 Å². The number of ether oxygens (including phenoxy) is 1. The first kappa shape index (κ1) is 19.7. The van der Waals surface area contributed by atoms with Gasteiger partial charge in [0, 0.05) is 24.2 Å². The number of thioether (sulfide) groups is 1. The Kier molecular flexibility index (Phi) is 6.15. The van der Waals surface area contributed by atoms with Gasteiger partial charge in [0.1, 0.15) is 18.1 Å². The number of phenolic OH excluding ortho intramolecular Hbond substituents is 1. The van der Waals surface area contributed by atoms with Crippen LogP contribution in [0.5, 0.6) is 11.5 Å². The number of carboxylic acid groups (broad SMARTS) is 1. The van der Waals surface area contributed by atoms with Gasteiger partial charge in [0.15, 0.2) is 12.0 Å². The van der Waals surface area contributed by atoms with Crippen molar-refractivity contribution in [3.05, 3.63) is 53.3 Å². The number of aromatic carboxylic acids is 1. The standard InChI is InChI=1S/C19H18N2O6S/c22-9-14-15(23)4-1-5-16(14)27-10-12-11-28-8-7-21(12)18(24)13-3-2-6-20-17(13)19(25)26/h1-6,9,12,23H,7-8,10-11H2,(H,25,26). The third kappa shape index (κ3) is 4.09. The summed E-state index contributed by atoms with van der Waals surface area (Å²) in [6.07, 6.45) is 1.84. The molecule has 1 aromatic carbocycles. The molecule has 146 valence electrons. The summed E-state index contributed by atoms with van der Waals surface area (Å²) >= 11 is 1.65. The molecule has 2 N–H and O–H groups in total. The van der Waals surface area contributed by atoms with Gasteiger partial charge < -0.3 is 19.8 Å². The quantitative estimate of drug-likeness (QED) is 0.704. The molecule has 1 amide bonds. The lowest BCUT2D eigenvalue weighted by atomic mass is 10.1. The van der Waals surface area contributed by atoms with Crippen molar-refractivity contribution in [1.82, 2.24) is 9.88 Å². The highest BCUT2D eigenvalue weighted by atomic mass is 32.2. The predicted octanol–water partition coefficient (Wildman–Crippen LogP) is 1.93. The average molecular weight is 402 g/mol. The third-order valence-electron chi connectivity index (χ3n) is 4.32. The fraction of sp³-hybridized carbons (Fsp3) is 0.263. The molecule has 1 saturated heterocycles. The lowest BCUT2D eigenvalue weighted by Crippen LogP contribution is -2.49. The summed E-state index contributed by atoms with van der Waals surface area (Å²) in [6, 6.07) is 7.15. The molecule has 0 radical (unpaired) electrons.